The maximum atomic E-state index is 12.9. The van der Waals surface area contributed by atoms with Crippen LogP contribution in [0.3, 0.4) is 0 Å². The molecular weight excluding hydrogens is 412 g/mol. The molecule has 1 fully saturated rings. The third-order valence-electron chi connectivity index (χ3n) is 4.99. The highest BCUT2D eigenvalue weighted by atomic mass is 35.5. The minimum absolute atomic E-state index is 0.163. The molecule has 0 aromatic heterocycles. The molecule has 29 heavy (non-hydrogen) atoms. The first-order valence-electron chi connectivity index (χ1n) is 9.61. The van der Waals surface area contributed by atoms with E-state index in [9.17, 15) is 13.2 Å². The van der Waals surface area contributed by atoms with Gasteiger partial charge in [0, 0.05) is 31.2 Å². The molecule has 1 saturated heterocycles. The molecular formula is C21H25ClN2O4S. The van der Waals surface area contributed by atoms with Crippen LogP contribution in [-0.2, 0) is 21.2 Å². The molecule has 1 heterocycles. The Morgan fingerprint density at radius 1 is 1.03 bits per heavy atom. The van der Waals surface area contributed by atoms with E-state index in [4.69, 9.17) is 16.3 Å². The summed E-state index contributed by atoms with van der Waals surface area (Å²) < 4.78 is 32.8. The van der Waals surface area contributed by atoms with Crippen molar-refractivity contribution in [2.45, 2.75) is 31.3 Å². The van der Waals surface area contributed by atoms with Gasteiger partial charge in [0.1, 0.15) is 5.75 Å². The van der Waals surface area contributed by atoms with Crippen LogP contribution in [0.1, 0.15) is 19.4 Å². The number of carbonyl (C=O) groups is 1. The van der Waals surface area contributed by atoms with Gasteiger partial charge in [-0.05, 0) is 55.3 Å². The molecule has 156 valence electrons. The predicted molar refractivity (Wildman–Crippen MR) is 113 cm³/mol. The standard InChI is InChI=1S/C21H25ClN2O4S/c1-3-17-4-10-20(11-5-17)29(26,27)24-14-12-23(13-15-24)21(25)16(2)28-19-8-6-18(22)7-9-19/h4-11,16H,3,12-15H2,1-2H3. The van der Waals surface area contributed by atoms with Crippen LogP contribution in [0.25, 0.3) is 0 Å². The molecule has 2 aromatic rings. The van der Waals surface area contributed by atoms with Gasteiger partial charge in [-0.3, -0.25) is 4.79 Å². The van der Waals surface area contributed by atoms with Crippen molar-refractivity contribution in [2.24, 2.45) is 0 Å². The lowest BCUT2D eigenvalue weighted by atomic mass is 10.2. The molecule has 3 rings (SSSR count). The number of halogens is 1. The van der Waals surface area contributed by atoms with Gasteiger partial charge in [-0.15, -0.1) is 0 Å². The second kappa shape index (κ2) is 9.15. The number of carbonyl (C=O) groups excluding carboxylic acids is 1. The number of aryl methyl sites for hydroxylation is 1. The number of hydrogen-bond donors (Lipinski definition) is 0. The number of ether oxygens (including phenoxy) is 1. The summed E-state index contributed by atoms with van der Waals surface area (Å²) >= 11 is 5.86. The Labute approximate surface area is 177 Å². The third-order valence-corrected chi connectivity index (χ3v) is 7.16. The zero-order chi connectivity index (χ0) is 21.0. The normalized spacial score (nSPS) is 16.4. The van der Waals surface area contributed by atoms with E-state index in [2.05, 4.69) is 0 Å². The Balaban J connectivity index is 1.58. The molecule has 2 aromatic carbocycles. The van der Waals surface area contributed by atoms with Crippen molar-refractivity contribution < 1.29 is 17.9 Å². The highest BCUT2D eigenvalue weighted by Crippen LogP contribution is 2.20. The highest BCUT2D eigenvalue weighted by molar-refractivity contribution is 7.89. The molecule has 1 amide bonds. The van der Waals surface area contributed by atoms with Crippen molar-refractivity contribution >= 4 is 27.5 Å². The van der Waals surface area contributed by atoms with Crippen molar-refractivity contribution in [1.29, 1.82) is 0 Å². The van der Waals surface area contributed by atoms with Crippen molar-refractivity contribution in [1.82, 2.24) is 9.21 Å². The minimum Gasteiger partial charge on any atom is -0.481 e. The SMILES string of the molecule is CCc1ccc(S(=O)(=O)N2CCN(C(=O)C(C)Oc3ccc(Cl)cc3)CC2)cc1. The number of benzene rings is 2. The molecule has 0 saturated carbocycles. The molecule has 0 aliphatic carbocycles. The topological polar surface area (TPSA) is 66.9 Å². The summed E-state index contributed by atoms with van der Waals surface area (Å²) in [7, 11) is -3.56. The number of amides is 1. The number of nitrogens with zero attached hydrogens (tertiary/aromatic N) is 2. The van der Waals surface area contributed by atoms with E-state index in [0.717, 1.165) is 12.0 Å². The molecule has 6 nitrogen and oxygen atoms in total. The summed E-state index contributed by atoms with van der Waals surface area (Å²) in [6.45, 7) is 4.90. The van der Waals surface area contributed by atoms with Gasteiger partial charge in [0.2, 0.25) is 10.0 Å². The fourth-order valence-electron chi connectivity index (χ4n) is 3.22. The first-order chi connectivity index (χ1) is 13.8. The summed E-state index contributed by atoms with van der Waals surface area (Å²) in [6.07, 6.45) is 0.193. The highest BCUT2D eigenvalue weighted by Gasteiger charge is 2.32. The average molecular weight is 437 g/mol. The molecule has 1 atom stereocenters. The zero-order valence-corrected chi connectivity index (χ0v) is 18.1. The van der Waals surface area contributed by atoms with Crippen molar-refractivity contribution in [3.05, 3.63) is 59.1 Å². The van der Waals surface area contributed by atoms with E-state index >= 15 is 0 Å². The first-order valence-corrected chi connectivity index (χ1v) is 11.4. The predicted octanol–water partition coefficient (Wildman–Crippen LogP) is 3.20. The fourth-order valence-corrected chi connectivity index (χ4v) is 4.77. The van der Waals surface area contributed by atoms with Gasteiger partial charge in [-0.25, -0.2) is 8.42 Å². The summed E-state index contributed by atoms with van der Waals surface area (Å²) in [5, 5.41) is 0.595. The Hall–Kier alpha value is -2.09. The lowest BCUT2D eigenvalue weighted by molar-refractivity contribution is -0.139. The monoisotopic (exact) mass is 436 g/mol. The van der Waals surface area contributed by atoms with E-state index in [1.807, 2.05) is 19.1 Å². The van der Waals surface area contributed by atoms with Gasteiger partial charge >= 0.3 is 0 Å². The fraction of sp³-hybridized carbons (Fsp3) is 0.381. The quantitative estimate of drug-likeness (QED) is 0.697. The first kappa shape index (κ1) is 21.6. The number of sulfonamides is 1. The van der Waals surface area contributed by atoms with E-state index in [1.54, 1.807) is 48.2 Å². The van der Waals surface area contributed by atoms with Gasteiger partial charge < -0.3 is 9.64 Å². The second-order valence-electron chi connectivity index (χ2n) is 6.94. The number of hydrogen-bond acceptors (Lipinski definition) is 4. The van der Waals surface area contributed by atoms with Gasteiger partial charge in [0.25, 0.3) is 5.91 Å². The molecule has 8 heteroatoms. The van der Waals surface area contributed by atoms with Crippen LogP contribution in [0.4, 0.5) is 0 Å². The minimum atomic E-state index is -3.56. The number of piperazine rings is 1. The molecule has 0 bridgehead atoms. The lowest BCUT2D eigenvalue weighted by Crippen LogP contribution is -2.53. The maximum absolute atomic E-state index is 12.9. The molecule has 1 unspecified atom stereocenters. The zero-order valence-electron chi connectivity index (χ0n) is 16.5. The second-order valence-corrected chi connectivity index (χ2v) is 9.32. The van der Waals surface area contributed by atoms with Crippen molar-refractivity contribution in [3.8, 4) is 5.75 Å². The van der Waals surface area contributed by atoms with Crippen LogP contribution in [0.2, 0.25) is 5.02 Å². The summed E-state index contributed by atoms with van der Waals surface area (Å²) in [6, 6.07) is 13.8. The summed E-state index contributed by atoms with van der Waals surface area (Å²) in [4.78, 5) is 14.6. The Bertz CT molecular complexity index is 938. The van der Waals surface area contributed by atoms with Gasteiger partial charge in [-0.1, -0.05) is 30.7 Å². The smallest absolute Gasteiger partial charge is 0.263 e. The Morgan fingerprint density at radius 3 is 2.17 bits per heavy atom. The summed E-state index contributed by atoms with van der Waals surface area (Å²) in [5.41, 5.74) is 1.09. The van der Waals surface area contributed by atoms with Gasteiger partial charge in [0.15, 0.2) is 6.10 Å². The molecule has 1 aliphatic heterocycles. The van der Waals surface area contributed by atoms with Crippen LogP contribution in [0, 0.1) is 0 Å². The third kappa shape index (κ3) is 5.10. The van der Waals surface area contributed by atoms with Crippen LogP contribution in [-0.4, -0.2) is 55.8 Å². The van der Waals surface area contributed by atoms with Gasteiger partial charge in [-0.2, -0.15) is 4.31 Å². The maximum Gasteiger partial charge on any atom is 0.263 e. The lowest BCUT2D eigenvalue weighted by Gasteiger charge is -2.35. The van der Waals surface area contributed by atoms with E-state index < -0.39 is 16.1 Å². The Morgan fingerprint density at radius 2 is 1.62 bits per heavy atom. The van der Waals surface area contributed by atoms with Gasteiger partial charge in [0.05, 0.1) is 4.90 Å². The molecule has 0 N–H and O–H groups in total. The van der Waals surface area contributed by atoms with Crippen LogP contribution >= 0.6 is 11.6 Å². The Kier molecular flexibility index (Phi) is 6.82. The summed E-state index contributed by atoms with van der Waals surface area (Å²) in [5.74, 6) is 0.399. The van der Waals surface area contributed by atoms with Crippen LogP contribution in [0.15, 0.2) is 53.4 Å². The van der Waals surface area contributed by atoms with Crippen molar-refractivity contribution in [3.63, 3.8) is 0 Å². The average Bonchev–Trinajstić information content (AvgIpc) is 2.75. The largest absolute Gasteiger partial charge is 0.481 e. The molecule has 1 aliphatic rings. The van der Waals surface area contributed by atoms with E-state index in [0.29, 0.717) is 23.9 Å². The van der Waals surface area contributed by atoms with E-state index in [1.165, 1.54) is 4.31 Å². The van der Waals surface area contributed by atoms with Crippen LogP contribution < -0.4 is 4.74 Å². The van der Waals surface area contributed by atoms with Crippen LogP contribution in [0.5, 0.6) is 5.75 Å². The molecule has 0 radical (unpaired) electrons. The molecule has 0 spiro atoms. The van der Waals surface area contributed by atoms with Crippen molar-refractivity contribution in [2.75, 3.05) is 26.2 Å². The number of rotatable bonds is 6. The van der Waals surface area contributed by atoms with E-state index in [-0.39, 0.29) is 23.9 Å².